The van der Waals surface area contributed by atoms with Gasteiger partial charge in [-0.25, -0.2) is 0 Å². The van der Waals surface area contributed by atoms with Crippen molar-refractivity contribution in [2.75, 3.05) is 6.61 Å². The van der Waals surface area contributed by atoms with E-state index in [0.29, 0.717) is 12.8 Å². The van der Waals surface area contributed by atoms with E-state index in [-0.39, 0.29) is 12.5 Å². The molecule has 0 saturated carbocycles. The van der Waals surface area contributed by atoms with Crippen molar-refractivity contribution in [3.8, 4) is 0 Å². The Morgan fingerprint density at radius 1 is 0.571 bits per heavy atom. The molecule has 0 bridgehead atoms. The van der Waals surface area contributed by atoms with Gasteiger partial charge in [0.15, 0.2) is 0 Å². The SMILES string of the molecule is CCCCCC/C=C\C/C=C\CCCCCCCCCC(=O)NC(CO)C(O)CCCCCCCCCCCCCC. The number of allylic oxidation sites excluding steroid dienone is 4. The summed E-state index contributed by atoms with van der Waals surface area (Å²) in [6.45, 7) is 4.32. The lowest BCUT2D eigenvalue weighted by Gasteiger charge is -2.22. The second-order valence-electron chi connectivity index (χ2n) is 12.6. The van der Waals surface area contributed by atoms with Gasteiger partial charge in [-0.05, 0) is 44.9 Å². The molecule has 0 aromatic heterocycles. The number of aliphatic hydroxyl groups is 2. The Kier molecular flexibility index (Phi) is 33.4. The zero-order valence-electron chi connectivity index (χ0n) is 28.3. The highest BCUT2D eigenvalue weighted by Gasteiger charge is 2.19. The summed E-state index contributed by atoms with van der Waals surface area (Å²) in [6.07, 6.45) is 42.3. The molecular formula is C38H73NO3. The predicted molar refractivity (Wildman–Crippen MR) is 184 cm³/mol. The van der Waals surface area contributed by atoms with Crippen molar-refractivity contribution in [2.24, 2.45) is 0 Å². The molecule has 2 unspecified atom stereocenters. The molecule has 0 spiro atoms. The van der Waals surface area contributed by atoms with Crippen molar-refractivity contribution < 1.29 is 15.0 Å². The van der Waals surface area contributed by atoms with Crippen LogP contribution in [0.3, 0.4) is 0 Å². The lowest BCUT2D eigenvalue weighted by molar-refractivity contribution is -0.123. The summed E-state index contributed by atoms with van der Waals surface area (Å²) in [5.74, 6) is -0.0408. The van der Waals surface area contributed by atoms with Gasteiger partial charge in [-0.3, -0.25) is 4.79 Å². The number of unbranched alkanes of at least 4 members (excludes halogenated alkanes) is 22. The molecule has 0 aliphatic rings. The maximum Gasteiger partial charge on any atom is 0.220 e. The lowest BCUT2D eigenvalue weighted by atomic mass is 10.0. The lowest BCUT2D eigenvalue weighted by Crippen LogP contribution is -2.45. The van der Waals surface area contributed by atoms with Gasteiger partial charge in [0.05, 0.1) is 18.8 Å². The first kappa shape index (κ1) is 40.9. The van der Waals surface area contributed by atoms with Crippen molar-refractivity contribution in [3.63, 3.8) is 0 Å². The van der Waals surface area contributed by atoms with E-state index in [1.54, 1.807) is 0 Å². The van der Waals surface area contributed by atoms with Gasteiger partial charge in [0.2, 0.25) is 5.91 Å². The Morgan fingerprint density at radius 2 is 0.976 bits per heavy atom. The molecule has 0 rings (SSSR count). The van der Waals surface area contributed by atoms with Gasteiger partial charge >= 0.3 is 0 Å². The van der Waals surface area contributed by atoms with Crippen LogP contribution in [0.15, 0.2) is 24.3 Å². The van der Waals surface area contributed by atoms with Crippen molar-refractivity contribution in [2.45, 2.75) is 206 Å². The van der Waals surface area contributed by atoms with Crippen LogP contribution in [-0.4, -0.2) is 34.9 Å². The number of rotatable bonds is 33. The number of carbonyl (C=O) groups excluding carboxylic acids is 1. The van der Waals surface area contributed by atoms with Gasteiger partial charge in [0, 0.05) is 6.42 Å². The van der Waals surface area contributed by atoms with E-state index >= 15 is 0 Å². The normalized spacial score (nSPS) is 13.3. The molecule has 42 heavy (non-hydrogen) atoms. The molecule has 4 heteroatoms. The third-order valence-corrected chi connectivity index (χ3v) is 8.47. The Hall–Kier alpha value is -1.13. The van der Waals surface area contributed by atoms with Crippen LogP contribution in [0.25, 0.3) is 0 Å². The molecule has 0 heterocycles. The van der Waals surface area contributed by atoms with E-state index in [1.807, 2.05) is 0 Å². The molecule has 3 N–H and O–H groups in total. The number of amides is 1. The zero-order valence-corrected chi connectivity index (χ0v) is 28.3. The highest BCUT2D eigenvalue weighted by molar-refractivity contribution is 5.76. The van der Waals surface area contributed by atoms with E-state index in [2.05, 4.69) is 43.5 Å². The smallest absolute Gasteiger partial charge is 0.220 e. The molecule has 0 aromatic carbocycles. The standard InChI is InChI=1S/C38H73NO3/c1-3-5-7-9-11-13-15-17-18-19-20-21-22-24-26-28-30-32-34-38(42)39-36(35-40)37(41)33-31-29-27-25-23-16-14-12-10-8-6-4-2/h13,15,18-19,36-37,40-41H,3-12,14,16-17,20-35H2,1-2H3,(H,39,42)/b15-13-,19-18-. The first-order valence-electron chi connectivity index (χ1n) is 18.5. The van der Waals surface area contributed by atoms with Crippen molar-refractivity contribution in [1.82, 2.24) is 5.32 Å². The third kappa shape index (κ3) is 30.3. The van der Waals surface area contributed by atoms with Gasteiger partial charge in [-0.2, -0.15) is 0 Å². The van der Waals surface area contributed by atoms with Crippen LogP contribution in [-0.2, 0) is 4.79 Å². The Labute approximate surface area is 262 Å². The van der Waals surface area contributed by atoms with E-state index in [4.69, 9.17) is 0 Å². The van der Waals surface area contributed by atoms with Gasteiger partial charge in [-0.1, -0.05) is 167 Å². The van der Waals surface area contributed by atoms with Crippen LogP contribution < -0.4 is 5.32 Å². The summed E-state index contributed by atoms with van der Waals surface area (Å²) in [4.78, 5) is 12.3. The van der Waals surface area contributed by atoms with Gasteiger partial charge in [0.1, 0.15) is 0 Å². The van der Waals surface area contributed by atoms with E-state index in [1.165, 1.54) is 135 Å². The predicted octanol–water partition coefficient (Wildman–Crippen LogP) is 10.9. The van der Waals surface area contributed by atoms with Gasteiger partial charge in [0.25, 0.3) is 0 Å². The number of aliphatic hydroxyl groups excluding tert-OH is 2. The average Bonchev–Trinajstić information content (AvgIpc) is 2.99. The summed E-state index contributed by atoms with van der Waals surface area (Å²) in [5.41, 5.74) is 0. The second kappa shape index (κ2) is 34.4. The minimum atomic E-state index is -0.659. The highest BCUT2D eigenvalue weighted by Crippen LogP contribution is 2.14. The monoisotopic (exact) mass is 592 g/mol. The fourth-order valence-electron chi connectivity index (χ4n) is 5.57. The molecular weight excluding hydrogens is 518 g/mol. The van der Waals surface area contributed by atoms with Crippen molar-refractivity contribution in [1.29, 1.82) is 0 Å². The first-order valence-corrected chi connectivity index (χ1v) is 18.5. The summed E-state index contributed by atoms with van der Waals surface area (Å²) >= 11 is 0. The highest BCUT2D eigenvalue weighted by atomic mass is 16.3. The Balaban J connectivity index is 3.58. The van der Waals surface area contributed by atoms with Crippen LogP contribution in [0.4, 0.5) is 0 Å². The largest absolute Gasteiger partial charge is 0.394 e. The van der Waals surface area contributed by atoms with Gasteiger partial charge in [-0.15, -0.1) is 0 Å². The zero-order chi connectivity index (χ0) is 30.8. The quantitative estimate of drug-likeness (QED) is 0.0525. The maximum absolute atomic E-state index is 12.3. The Morgan fingerprint density at radius 3 is 1.45 bits per heavy atom. The molecule has 248 valence electrons. The minimum absolute atomic E-state index is 0.0408. The number of nitrogens with one attached hydrogen (secondary N) is 1. The number of hydrogen-bond acceptors (Lipinski definition) is 3. The molecule has 4 nitrogen and oxygen atoms in total. The first-order chi connectivity index (χ1) is 20.7. The molecule has 2 atom stereocenters. The second-order valence-corrected chi connectivity index (χ2v) is 12.6. The topological polar surface area (TPSA) is 69.6 Å². The Bertz CT molecular complexity index is 603. The van der Waals surface area contributed by atoms with Crippen LogP contribution in [0.5, 0.6) is 0 Å². The van der Waals surface area contributed by atoms with Crippen LogP contribution >= 0.6 is 0 Å². The number of hydrogen-bond donors (Lipinski definition) is 3. The average molecular weight is 592 g/mol. The van der Waals surface area contributed by atoms with E-state index in [0.717, 1.165) is 32.1 Å². The minimum Gasteiger partial charge on any atom is -0.394 e. The fourth-order valence-corrected chi connectivity index (χ4v) is 5.57. The summed E-state index contributed by atoms with van der Waals surface area (Å²) < 4.78 is 0. The molecule has 0 aliphatic carbocycles. The third-order valence-electron chi connectivity index (χ3n) is 8.47. The van der Waals surface area contributed by atoms with Crippen LogP contribution in [0, 0.1) is 0 Å². The molecule has 0 aliphatic heterocycles. The summed E-state index contributed by atoms with van der Waals surface area (Å²) in [6, 6.07) is -0.536. The molecule has 0 radical (unpaired) electrons. The van der Waals surface area contributed by atoms with Crippen molar-refractivity contribution in [3.05, 3.63) is 24.3 Å². The number of carbonyl (C=O) groups is 1. The van der Waals surface area contributed by atoms with Crippen LogP contribution in [0.2, 0.25) is 0 Å². The fraction of sp³-hybridized carbons (Fsp3) is 0.868. The molecule has 0 saturated heterocycles. The van der Waals surface area contributed by atoms with E-state index < -0.39 is 12.1 Å². The van der Waals surface area contributed by atoms with E-state index in [9.17, 15) is 15.0 Å². The summed E-state index contributed by atoms with van der Waals surface area (Å²) in [5, 5.41) is 23.0. The van der Waals surface area contributed by atoms with Gasteiger partial charge < -0.3 is 15.5 Å². The summed E-state index contributed by atoms with van der Waals surface area (Å²) in [7, 11) is 0. The maximum atomic E-state index is 12.3. The molecule has 0 aromatic rings. The molecule has 0 fully saturated rings. The van der Waals surface area contributed by atoms with Crippen LogP contribution in [0.1, 0.15) is 194 Å². The van der Waals surface area contributed by atoms with Crippen molar-refractivity contribution >= 4 is 5.91 Å². The molecule has 1 amide bonds.